The van der Waals surface area contributed by atoms with Gasteiger partial charge in [-0.05, 0) is 62.5 Å². The third-order valence-corrected chi connectivity index (χ3v) is 6.87. The van der Waals surface area contributed by atoms with Gasteiger partial charge in [0.05, 0.1) is 29.9 Å². The van der Waals surface area contributed by atoms with Crippen LogP contribution in [0.5, 0.6) is 5.75 Å². The van der Waals surface area contributed by atoms with Crippen molar-refractivity contribution < 1.29 is 4.74 Å². The van der Waals surface area contributed by atoms with Crippen LogP contribution in [0.3, 0.4) is 0 Å². The highest BCUT2D eigenvalue weighted by atomic mass is 32.2. The molecule has 3 aromatic rings. The highest BCUT2D eigenvalue weighted by molar-refractivity contribution is 7.99. The number of nitrogens with one attached hydrogen (secondary N) is 1. The normalized spacial score (nSPS) is 12.5. The van der Waals surface area contributed by atoms with Crippen LogP contribution in [0.25, 0.3) is 0 Å². The molecule has 1 aliphatic heterocycles. The van der Waals surface area contributed by atoms with E-state index in [-0.39, 0.29) is 0 Å². The minimum Gasteiger partial charge on any atom is -0.497 e. The summed E-state index contributed by atoms with van der Waals surface area (Å²) in [5, 5.41) is 3.70. The first-order valence-electron chi connectivity index (χ1n) is 11.1. The molecule has 0 radical (unpaired) electrons. The van der Waals surface area contributed by atoms with E-state index in [2.05, 4.69) is 89.6 Å². The molecule has 4 rings (SSSR count). The van der Waals surface area contributed by atoms with Crippen LogP contribution in [0.4, 0.5) is 22.7 Å². The fourth-order valence-electron chi connectivity index (χ4n) is 4.01. The Balaban J connectivity index is 1.68. The molecule has 0 saturated carbocycles. The number of rotatable bonds is 9. The Morgan fingerprint density at radius 3 is 2.13 bits per heavy atom. The lowest BCUT2D eigenvalue weighted by molar-refractivity contribution is 0.303. The molecule has 31 heavy (non-hydrogen) atoms. The van der Waals surface area contributed by atoms with Gasteiger partial charge in [0.15, 0.2) is 0 Å². The summed E-state index contributed by atoms with van der Waals surface area (Å²) in [5.41, 5.74) is 4.66. The van der Waals surface area contributed by atoms with Crippen molar-refractivity contribution in [1.82, 2.24) is 4.90 Å². The molecule has 0 fully saturated rings. The highest BCUT2D eigenvalue weighted by Crippen LogP contribution is 2.52. The molecule has 1 heterocycles. The van der Waals surface area contributed by atoms with E-state index in [1.54, 1.807) is 7.11 Å². The van der Waals surface area contributed by atoms with Gasteiger partial charge in [0.1, 0.15) is 5.75 Å². The van der Waals surface area contributed by atoms with E-state index >= 15 is 0 Å². The second-order valence-electron chi connectivity index (χ2n) is 7.56. The van der Waals surface area contributed by atoms with Crippen LogP contribution in [0.1, 0.15) is 20.3 Å². The quantitative estimate of drug-likeness (QED) is 0.294. The summed E-state index contributed by atoms with van der Waals surface area (Å²) in [6.45, 7) is 8.66. The molecule has 0 saturated heterocycles. The fourth-order valence-corrected chi connectivity index (χ4v) is 5.07. The van der Waals surface area contributed by atoms with Gasteiger partial charge >= 0.3 is 0 Å². The maximum atomic E-state index is 5.54. The Bertz CT molecular complexity index is 974. The molecule has 0 unspecified atom stereocenters. The SMILES string of the molecule is CCN(CC)CCCNc1cc(OC)ccc1N1c2ccccc2Sc2ccccc21. The van der Waals surface area contributed by atoms with Gasteiger partial charge in [-0.1, -0.05) is 49.9 Å². The minimum atomic E-state index is 0.864. The molecule has 1 aliphatic rings. The Kier molecular flexibility index (Phi) is 7.05. The van der Waals surface area contributed by atoms with E-state index in [0.29, 0.717) is 0 Å². The van der Waals surface area contributed by atoms with E-state index in [1.807, 2.05) is 17.8 Å². The van der Waals surface area contributed by atoms with Gasteiger partial charge in [-0.2, -0.15) is 0 Å². The summed E-state index contributed by atoms with van der Waals surface area (Å²) in [4.78, 5) is 7.37. The molecular weight excluding hydrogens is 402 g/mol. The van der Waals surface area contributed by atoms with Crippen molar-refractivity contribution in [2.24, 2.45) is 0 Å². The van der Waals surface area contributed by atoms with Crippen LogP contribution in [-0.4, -0.2) is 38.2 Å². The maximum absolute atomic E-state index is 5.54. The van der Waals surface area contributed by atoms with E-state index in [4.69, 9.17) is 4.74 Å². The van der Waals surface area contributed by atoms with E-state index in [1.165, 1.54) is 21.2 Å². The third-order valence-electron chi connectivity index (χ3n) is 5.74. The molecule has 162 valence electrons. The van der Waals surface area contributed by atoms with Crippen molar-refractivity contribution in [3.05, 3.63) is 66.7 Å². The fraction of sp³-hybridized carbons (Fsp3) is 0.308. The number of nitrogens with zero attached hydrogens (tertiary/aromatic N) is 2. The number of ether oxygens (including phenoxy) is 1. The van der Waals surface area contributed by atoms with Gasteiger partial charge in [0, 0.05) is 22.4 Å². The average molecular weight is 434 g/mol. The third kappa shape index (κ3) is 4.68. The van der Waals surface area contributed by atoms with Gasteiger partial charge in [0.25, 0.3) is 0 Å². The van der Waals surface area contributed by atoms with Crippen LogP contribution in [-0.2, 0) is 0 Å². The Morgan fingerprint density at radius 2 is 1.52 bits per heavy atom. The summed E-state index contributed by atoms with van der Waals surface area (Å²) in [5.74, 6) is 0.864. The van der Waals surface area contributed by atoms with Crippen LogP contribution in [0, 0.1) is 0 Å². The van der Waals surface area contributed by atoms with Crippen LogP contribution in [0.2, 0.25) is 0 Å². The van der Waals surface area contributed by atoms with Crippen molar-refractivity contribution in [2.75, 3.05) is 43.5 Å². The van der Waals surface area contributed by atoms with E-state index < -0.39 is 0 Å². The second-order valence-corrected chi connectivity index (χ2v) is 8.65. The average Bonchev–Trinajstić information content (AvgIpc) is 2.82. The van der Waals surface area contributed by atoms with Gasteiger partial charge in [0.2, 0.25) is 0 Å². The Hall–Kier alpha value is -2.63. The summed E-state index contributed by atoms with van der Waals surface area (Å²) < 4.78 is 5.54. The standard InChI is InChI=1S/C26H31N3OS/c1-4-28(5-2)18-10-17-27-21-19-20(30-3)15-16-22(21)29-23-11-6-8-13-25(23)31-26-14-9-7-12-24(26)29/h6-9,11-16,19,27H,4-5,10,17-18H2,1-3H3. The molecule has 0 aromatic heterocycles. The maximum Gasteiger partial charge on any atom is 0.121 e. The van der Waals surface area contributed by atoms with Crippen molar-refractivity contribution in [3.8, 4) is 5.75 Å². The molecule has 0 amide bonds. The largest absolute Gasteiger partial charge is 0.497 e. The molecule has 5 heteroatoms. The van der Waals surface area contributed by atoms with Crippen molar-refractivity contribution in [3.63, 3.8) is 0 Å². The lowest BCUT2D eigenvalue weighted by Crippen LogP contribution is -2.25. The van der Waals surface area contributed by atoms with Crippen molar-refractivity contribution >= 4 is 34.5 Å². The molecule has 0 bridgehead atoms. The van der Waals surface area contributed by atoms with Crippen LogP contribution >= 0.6 is 11.8 Å². The smallest absolute Gasteiger partial charge is 0.121 e. The number of hydrogen-bond donors (Lipinski definition) is 1. The minimum absolute atomic E-state index is 0.864. The summed E-state index contributed by atoms with van der Waals surface area (Å²) >= 11 is 1.83. The number of benzene rings is 3. The van der Waals surface area contributed by atoms with Crippen LogP contribution in [0.15, 0.2) is 76.5 Å². The first kappa shape index (κ1) is 21.6. The number of para-hydroxylation sites is 2. The number of hydrogen-bond acceptors (Lipinski definition) is 5. The molecule has 3 aromatic carbocycles. The molecule has 0 aliphatic carbocycles. The predicted molar refractivity (Wildman–Crippen MR) is 133 cm³/mol. The van der Waals surface area contributed by atoms with Gasteiger partial charge in [-0.3, -0.25) is 0 Å². The predicted octanol–water partition coefficient (Wildman–Crippen LogP) is 6.77. The summed E-state index contributed by atoms with van der Waals surface area (Å²) in [6.07, 6.45) is 1.10. The van der Waals surface area contributed by atoms with E-state index in [9.17, 15) is 0 Å². The van der Waals surface area contributed by atoms with E-state index in [0.717, 1.165) is 49.7 Å². The van der Waals surface area contributed by atoms with Crippen molar-refractivity contribution in [1.29, 1.82) is 0 Å². The first-order chi connectivity index (χ1) is 15.2. The Morgan fingerprint density at radius 1 is 0.871 bits per heavy atom. The molecule has 0 spiro atoms. The summed E-state index contributed by atoms with van der Waals surface area (Å²) in [6, 6.07) is 23.6. The topological polar surface area (TPSA) is 27.7 Å². The summed E-state index contributed by atoms with van der Waals surface area (Å²) in [7, 11) is 1.72. The zero-order valence-corrected chi connectivity index (χ0v) is 19.4. The zero-order chi connectivity index (χ0) is 21.6. The zero-order valence-electron chi connectivity index (χ0n) is 18.6. The number of methoxy groups -OCH3 is 1. The van der Waals surface area contributed by atoms with Gasteiger partial charge in [-0.15, -0.1) is 0 Å². The number of anilines is 4. The second kappa shape index (κ2) is 10.1. The monoisotopic (exact) mass is 433 g/mol. The van der Waals surface area contributed by atoms with Gasteiger partial charge in [-0.25, -0.2) is 0 Å². The number of fused-ring (bicyclic) bond motifs is 2. The molecular formula is C26H31N3OS. The Labute approximate surface area is 190 Å². The van der Waals surface area contributed by atoms with Crippen molar-refractivity contribution in [2.45, 2.75) is 30.1 Å². The molecule has 4 nitrogen and oxygen atoms in total. The van der Waals surface area contributed by atoms with Gasteiger partial charge < -0.3 is 19.9 Å². The molecule has 0 atom stereocenters. The first-order valence-corrected chi connectivity index (χ1v) is 11.9. The lowest BCUT2D eigenvalue weighted by atomic mass is 10.1. The van der Waals surface area contributed by atoms with Crippen LogP contribution < -0.4 is 15.0 Å². The lowest BCUT2D eigenvalue weighted by Gasteiger charge is -2.34. The highest BCUT2D eigenvalue weighted by Gasteiger charge is 2.26. The molecule has 1 N–H and O–H groups in total.